The second-order valence-corrected chi connectivity index (χ2v) is 7.60. The van der Waals surface area contributed by atoms with Gasteiger partial charge in [-0.2, -0.15) is 0 Å². The molecule has 144 valence electrons. The maximum Gasteiger partial charge on any atom is 0.255 e. The van der Waals surface area contributed by atoms with Gasteiger partial charge in [-0.15, -0.1) is 0 Å². The zero-order chi connectivity index (χ0) is 19.7. The standard InChI is InChI=1S/C22H29N3O2/c1-15-7-8-19(16(2)13-15)21(26)24-9-6-10-25(12-11-24)22(27)20-14-17(3)23(5)18(20)4/h7-8,13-14H,6,9-12H2,1-5H3. The fourth-order valence-corrected chi connectivity index (χ4v) is 3.79. The van der Waals surface area contributed by atoms with Crippen molar-refractivity contribution in [2.45, 2.75) is 34.1 Å². The van der Waals surface area contributed by atoms with Crippen molar-refractivity contribution in [2.24, 2.45) is 7.05 Å². The summed E-state index contributed by atoms with van der Waals surface area (Å²) in [6.45, 7) is 10.5. The number of nitrogens with zero attached hydrogens (tertiary/aromatic N) is 3. The number of carbonyl (C=O) groups is 2. The fourth-order valence-electron chi connectivity index (χ4n) is 3.79. The van der Waals surface area contributed by atoms with Gasteiger partial charge in [0, 0.05) is 50.2 Å². The third-order valence-electron chi connectivity index (χ3n) is 5.69. The van der Waals surface area contributed by atoms with Crippen molar-refractivity contribution in [3.63, 3.8) is 0 Å². The number of rotatable bonds is 2. The van der Waals surface area contributed by atoms with Crippen LogP contribution in [-0.2, 0) is 7.05 Å². The van der Waals surface area contributed by atoms with Gasteiger partial charge in [-0.1, -0.05) is 17.7 Å². The van der Waals surface area contributed by atoms with Crippen molar-refractivity contribution >= 4 is 11.8 Å². The van der Waals surface area contributed by atoms with Gasteiger partial charge in [-0.25, -0.2) is 0 Å². The van der Waals surface area contributed by atoms with Gasteiger partial charge in [-0.05, 0) is 51.8 Å². The monoisotopic (exact) mass is 367 g/mol. The maximum atomic E-state index is 13.0. The van der Waals surface area contributed by atoms with Crippen molar-refractivity contribution < 1.29 is 9.59 Å². The Kier molecular flexibility index (Phi) is 5.40. The molecule has 0 N–H and O–H groups in total. The van der Waals surface area contributed by atoms with Gasteiger partial charge >= 0.3 is 0 Å². The molecule has 5 heteroatoms. The van der Waals surface area contributed by atoms with Gasteiger partial charge in [0.05, 0.1) is 5.56 Å². The van der Waals surface area contributed by atoms with E-state index in [1.807, 2.05) is 73.4 Å². The van der Waals surface area contributed by atoms with E-state index in [2.05, 4.69) is 0 Å². The van der Waals surface area contributed by atoms with E-state index in [0.29, 0.717) is 26.2 Å². The highest BCUT2D eigenvalue weighted by atomic mass is 16.2. The minimum Gasteiger partial charge on any atom is -0.351 e. The second-order valence-electron chi connectivity index (χ2n) is 7.60. The first-order valence-corrected chi connectivity index (χ1v) is 9.58. The van der Waals surface area contributed by atoms with E-state index in [9.17, 15) is 9.59 Å². The van der Waals surface area contributed by atoms with Crippen LogP contribution in [0.2, 0.25) is 0 Å². The van der Waals surface area contributed by atoms with Crippen LogP contribution in [0.25, 0.3) is 0 Å². The molecule has 27 heavy (non-hydrogen) atoms. The Morgan fingerprint density at radius 3 is 1.93 bits per heavy atom. The molecule has 0 spiro atoms. The first kappa shape index (κ1) is 19.2. The van der Waals surface area contributed by atoms with Gasteiger partial charge in [0.2, 0.25) is 0 Å². The molecule has 0 aliphatic carbocycles. The molecule has 1 aliphatic rings. The molecule has 1 aromatic carbocycles. The van der Waals surface area contributed by atoms with Crippen LogP contribution < -0.4 is 0 Å². The van der Waals surface area contributed by atoms with Crippen molar-refractivity contribution in [2.75, 3.05) is 26.2 Å². The Balaban J connectivity index is 1.72. The first-order chi connectivity index (χ1) is 12.8. The molecule has 0 atom stereocenters. The number of aryl methyl sites for hydroxylation is 3. The Morgan fingerprint density at radius 1 is 0.815 bits per heavy atom. The summed E-state index contributed by atoms with van der Waals surface area (Å²) in [5.74, 6) is 0.130. The van der Waals surface area contributed by atoms with E-state index in [1.54, 1.807) is 0 Å². The van der Waals surface area contributed by atoms with Crippen molar-refractivity contribution in [3.05, 3.63) is 57.9 Å². The number of benzene rings is 1. The quantitative estimate of drug-likeness (QED) is 0.818. The summed E-state index contributed by atoms with van der Waals surface area (Å²) in [5.41, 5.74) is 5.76. The Bertz CT molecular complexity index is 882. The number of hydrogen-bond donors (Lipinski definition) is 0. The van der Waals surface area contributed by atoms with Crippen LogP contribution in [-0.4, -0.2) is 52.4 Å². The van der Waals surface area contributed by atoms with Gasteiger partial charge in [0.1, 0.15) is 0 Å². The molecular weight excluding hydrogens is 338 g/mol. The highest BCUT2D eigenvalue weighted by Crippen LogP contribution is 2.18. The number of carbonyl (C=O) groups excluding carboxylic acids is 2. The molecule has 1 fully saturated rings. The zero-order valence-corrected chi connectivity index (χ0v) is 17.0. The highest BCUT2D eigenvalue weighted by Gasteiger charge is 2.26. The van der Waals surface area contributed by atoms with Crippen LogP contribution in [0.3, 0.4) is 0 Å². The largest absolute Gasteiger partial charge is 0.351 e. The lowest BCUT2D eigenvalue weighted by Gasteiger charge is -2.23. The predicted octanol–water partition coefficient (Wildman–Crippen LogP) is 3.25. The van der Waals surface area contributed by atoms with E-state index in [4.69, 9.17) is 0 Å². The van der Waals surface area contributed by atoms with Gasteiger partial charge in [0.15, 0.2) is 0 Å². The third kappa shape index (κ3) is 3.77. The molecule has 2 heterocycles. The molecule has 2 aromatic rings. The zero-order valence-electron chi connectivity index (χ0n) is 17.0. The Morgan fingerprint density at radius 2 is 1.41 bits per heavy atom. The lowest BCUT2D eigenvalue weighted by atomic mass is 10.0. The maximum absolute atomic E-state index is 13.0. The van der Waals surface area contributed by atoms with E-state index in [-0.39, 0.29) is 11.8 Å². The van der Waals surface area contributed by atoms with Crippen molar-refractivity contribution in [1.29, 1.82) is 0 Å². The number of aromatic nitrogens is 1. The number of amides is 2. The SMILES string of the molecule is Cc1ccc(C(=O)N2CCCN(C(=O)c3cc(C)n(C)c3C)CC2)c(C)c1. The molecule has 1 aliphatic heterocycles. The average molecular weight is 367 g/mol. The normalized spacial score (nSPS) is 15.0. The van der Waals surface area contributed by atoms with E-state index in [1.165, 1.54) is 0 Å². The first-order valence-electron chi connectivity index (χ1n) is 9.58. The molecule has 0 radical (unpaired) electrons. The van der Waals surface area contributed by atoms with E-state index in [0.717, 1.165) is 40.1 Å². The summed E-state index contributed by atoms with van der Waals surface area (Å²) in [4.78, 5) is 29.7. The summed E-state index contributed by atoms with van der Waals surface area (Å²) in [7, 11) is 1.98. The predicted molar refractivity (Wildman–Crippen MR) is 107 cm³/mol. The Labute approximate surface area is 161 Å². The van der Waals surface area contributed by atoms with Crippen LogP contribution in [0.15, 0.2) is 24.3 Å². The summed E-state index contributed by atoms with van der Waals surface area (Å²) < 4.78 is 2.04. The average Bonchev–Trinajstić information content (AvgIpc) is 2.83. The van der Waals surface area contributed by atoms with Crippen LogP contribution >= 0.6 is 0 Å². The van der Waals surface area contributed by atoms with E-state index >= 15 is 0 Å². The molecule has 0 bridgehead atoms. The molecular formula is C22H29N3O2. The summed E-state index contributed by atoms with van der Waals surface area (Å²) in [6.07, 6.45) is 0.799. The number of hydrogen-bond acceptors (Lipinski definition) is 2. The van der Waals surface area contributed by atoms with Crippen LogP contribution in [0, 0.1) is 27.7 Å². The molecule has 1 saturated heterocycles. The molecule has 0 saturated carbocycles. The van der Waals surface area contributed by atoms with Crippen LogP contribution in [0.1, 0.15) is 49.7 Å². The topological polar surface area (TPSA) is 45.6 Å². The molecule has 0 unspecified atom stereocenters. The van der Waals surface area contributed by atoms with E-state index < -0.39 is 0 Å². The van der Waals surface area contributed by atoms with Crippen molar-refractivity contribution in [1.82, 2.24) is 14.4 Å². The fraction of sp³-hybridized carbons (Fsp3) is 0.455. The smallest absolute Gasteiger partial charge is 0.255 e. The van der Waals surface area contributed by atoms with Crippen LogP contribution in [0.5, 0.6) is 0 Å². The summed E-state index contributed by atoms with van der Waals surface area (Å²) >= 11 is 0. The lowest BCUT2D eigenvalue weighted by molar-refractivity contribution is 0.0718. The van der Waals surface area contributed by atoms with Gasteiger partial charge < -0.3 is 14.4 Å². The van der Waals surface area contributed by atoms with Gasteiger partial charge in [0.25, 0.3) is 11.8 Å². The third-order valence-corrected chi connectivity index (χ3v) is 5.69. The molecule has 2 amide bonds. The summed E-state index contributed by atoms with van der Waals surface area (Å²) in [6, 6.07) is 7.90. The molecule has 5 nitrogen and oxygen atoms in total. The van der Waals surface area contributed by atoms with Gasteiger partial charge in [-0.3, -0.25) is 9.59 Å². The molecule has 1 aromatic heterocycles. The van der Waals surface area contributed by atoms with Crippen LogP contribution in [0.4, 0.5) is 0 Å². The highest BCUT2D eigenvalue weighted by molar-refractivity contribution is 5.97. The minimum absolute atomic E-state index is 0.0635. The second kappa shape index (κ2) is 7.59. The molecule has 3 rings (SSSR count). The summed E-state index contributed by atoms with van der Waals surface area (Å²) in [5, 5.41) is 0. The minimum atomic E-state index is 0.0635. The van der Waals surface area contributed by atoms with Crippen molar-refractivity contribution in [3.8, 4) is 0 Å². The lowest BCUT2D eigenvalue weighted by Crippen LogP contribution is -2.37. The Hall–Kier alpha value is -2.56.